The van der Waals surface area contributed by atoms with E-state index in [0.717, 1.165) is 11.3 Å². The summed E-state index contributed by atoms with van der Waals surface area (Å²) in [7, 11) is 1.59. The van der Waals surface area contributed by atoms with Crippen molar-refractivity contribution in [2.75, 3.05) is 25.2 Å². The zero-order chi connectivity index (χ0) is 22.6. The molecule has 0 fully saturated rings. The van der Waals surface area contributed by atoms with Gasteiger partial charge >= 0.3 is 0 Å². The summed E-state index contributed by atoms with van der Waals surface area (Å²) < 4.78 is 10.5. The van der Waals surface area contributed by atoms with Crippen LogP contribution in [0.25, 0.3) is 6.08 Å². The average molecular weight is 421 g/mol. The second kappa shape index (κ2) is 12.0. The second-order valence-corrected chi connectivity index (χ2v) is 6.66. The first-order valence-corrected chi connectivity index (χ1v) is 10.0. The zero-order valence-corrected chi connectivity index (χ0v) is 18.0. The first kappa shape index (κ1) is 23.5. The molecule has 0 bridgehead atoms. The summed E-state index contributed by atoms with van der Waals surface area (Å²) >= 11 is 0. The molecule has 0 spiro atoms. The number of nitrogens with zero attached hydrogens (tertiary/aromatic N) is 2. The number of hydrogen-bond acceptors (Lipinski definition) is 5. The quantitative estimate of drug-likeness (QED) is 0.592. The number of carbonyl (C=O) groups excluding carboxylic acids is 2. The Morgan fingerprint density at radius 1 is 1.13 bits per heavy atom. The van der Waals surface area contributed by atoms with E-state index in [1.165, 1.54) is 11.0 Å². The number of amides is 2. The molecule has 2 aromatic rings. The van der Waals surface area contributed by atoms with Gasteiger partial charge in [-0.15, -0.1) is 0 Å². The van der Waals surface area contributed by atoms with Gasteiger partial charge in [0, 0.05) is 18.3 Å². The van der Waals surface area contributed by atoms with E-state index < -0.39 is 6.04 Å². The van der Waals surface area contributed by atoms with Crippen molar-refractivity contribution in [2.45, 2.75) is 26.3 Å². The van der Waals surface area contributed by atoms with Crippen LogP contribution in [0.4, 0.5) is 5.69 Å². The lowest BCUT2D eigenvalue weighted by Crippen LogP contribution is -2.47. The predicted molar refractivity (Wildman–Crippen MR) is 120 cm³/mol. The molecule has 1 unspecified atom stereocenters. The Balaban J connectivity index is 2.04. The third-order valence-corrected chi connectivity index (χ3v) is 4.44. The van der Waals surface area contributed by atoms with Crippen LogP contribution in [-0.4, -0.2) is 38.1 Å². The Morgan fingerprint density at radius 3 is 2.35 bits per heavy atom. The third kappa shape index (κ3) is 7.19. The Kier molecular flexibility index (Phi) is 9.12. The lowest BCUT2D eigenvalue weighted by Gasteiger charge is -2.25. The molecule has 2 rings (SSSR count). The van der Waals surface area contributed by atoms with Crippen molar-refractivity contribution >= 4 is 23.6 Å². The molecule has 7 heteroatoms. The fraction of sp³-hybridized carbons (Fsp3) is 0.292. The number of methoxy groups -OCH3 is 1. The second-order valence-electron chi connectivity index (χ2n) is 6.66. The van der Waals surface area contributed by atoms with Crippen LogP contribution in [-0.2, 0) is 9.59 Å². The van der Waals surface area contributed by atoms with E-state index in [4.69, 9.17) is 14.7 Å². The molecule has 0 aliphatic heterocycles. The van der Waals surface area contributed by atoms with Gasteiger partial charge in [-0.1, -0.05) is 12.1 Å². The van der Waals surface area contributed by atoms with Crippen LogP contribution in [0.5, 0.6) is 11.5 Å². The van der Waals surface area contributed by atoms with Crippen LogP contribution in [0, 0.1) is 11.3 Å². The summed E-state index contributed by atoms with van der Waals surface area (Å²) in [5.41, 5.74) is 1.47. The molecule has 0 saturated heterocycles. The maximum absolute atomic E-state index is 13.0. The number of ether oxygens (including phenoxy) is 2. The van der Waals surface area contributed by atoms with Gasteiger partial charge in [0.15, 0.2) is 0 Å². The number of hydrogen-bond donors (Lipinski definition) is 1. The largest absolute Gasteiger partial charge is 0.497 e. The standard InChI is InChI=1S/C24H27N3O4/c1-4-31-22-13-9-20(10-14-22)27(17-5-16-25)24(29)18(2)26-23(28)15-8-19-6-11-21(30-3)12-7-19/h6-15,18H,4-5,17H2,1-3H3,(H,26,28)/b15-8+. The normalized spacial score (nSPS) is 11.4. The lowest BCUT2D eigenvalue weighted by atomic mass is 10.2. The van der Waals surface area contributed by atoms with Gasteiger partial charge in [-0.3, -0.25) is 9.59 Å². The highest BCUT2D eigenvalue weighted by Crippen LogP contribution is 2.21. The first-order chi connectivity index (χ1) is 15.0. The lowest BCUT2D eigenvalue weighted by molar-refractivity contribution is -0.124. The first-order valence-electron chi connectivity index (χ1n) is 10.0. The topological polar surface area (TPSA) is 91.7 Å². The highest BCUT2D eigenvalue weighted by molar-refractivity contribution is 6.01. The smallest absolute Gasteiger partial charge is 0.249 e. The van der Waals surface area contributed by atoms with Crippen LogP contribution < -0.4 is 19.7 Å². The minimum absolute atomic E-state index is 0.178. The molecular formula is C24H27N3O4. The molecule has 0 aliphatic rings. The van der Waals surface area contributed by atoms with Crippen LogP contribution in [0.15, 0.2) is 54.6 Å². The SMILES string of the molecule is CCOc1ccc(N(CCC#N)C(=O)C(C)NC(=O)/C=C/c2ccc(OC)cc2)cc1. The summed E-state index contributed by atoms with van der Waals surface area (Å²) in [5.74, 6) is 0.741. The molecule has 2 amide bonds. The third-order valence-electron chi connectivity index (χ3n) is 4.44. The monoisotopic (exact) mass is 421 g/mol. The van der Waals surface area contributed by atoms with Gasteiger partial charge in [0.25, 0.3) is 0 Å². The molecule has 1 atom stereocenters. The van der Waals surface area contributed by atoms with Gasteiger partial charge in [0.05, 0.1) is 26.2 Å². The van der Waals surface area contributed by atoms with Crippen LogP contribution >= 0.6 is 0 Å². The zero-order valence-electron chi connectivity index (χ0n) is 18.0. The number of carbonyl (C=O) groups is 2. The molecule has 0 aliphatic carbocycles. The number of rotatable bonds is 10. The van der Waals surface area contributed by atoms with Crippen molar-refractivity contribution in [1.29, 1.82) is 5.26 Å². The van der Waals surface area contributed by atoms with Gasteiger partial charge in [-0.25, -0.2) is 0 Å². The number of benzene rings is 2. The van der Waals surface area contributed by atoms with Crippen molar-refractivity contribution in [1.82, 2.24) is 5.32 Å². The summed E-state index contributed by atoms with van der Waals surface area (Å²) in [4.78, 5) is 26.8. The highest BCUT2D eigenvalue weighted by atomic mass is 16.5. The maximum Gasteiger partial charge on any atom is 0.249 e. The number of nitrogens with one attached hydrogen (secondary N) is 1. The minimum atomic E-state index is -0.765. The molecule has 0 heterocycles. The van der Waals surface area contributed by atoms with Gasteiger partial charge in [0.1, 0.15) is 17.5 Å². The summed E-state index contributed by atoms with van der Waals surface area (Å²) in [6.07, 6.45) is 3.21. The number of anilines is 1. The van der Waals surface area contributed by atoms with E-state index in [-0.39, 0.29) is 24.8 Å². The van der Waals surface area contributed by atoms with E-state index >= 15 is 0 Å². The minimum Gasteiger partial charge on any atom is -0.497 e. The Morgan fingerprint density at radius 2 is 1.77 bits per heavy atom. The van der Waals surface area contributed by atoms with E-state index in [0.29, 0.717) is 18.0 Å². The molecule has 2 aromatic carbocycles. The van der Waals surface area contributed by atoms with Gasteiger partial charge in [-0.05, 0) is 61.9 Å². The summed E-state index contributed by atoms with van der Waals surface area (Å²) in [6.45, 7) is 4.29. The predicted octanol–water partition coefficient (Wildman–Crippen LogP) is 3.56. The fourth-order valence-electron chi connectivity index (χ4n) is 2.86. The van der Waals surface area contributed by atoms with Gasteiger partial charge in [0.2, 0.25) is 11.8 Å². The Bertz CT molecular complexity index is 931. The van der Waals surface area contributed by atoms with E-state index in [1.807, 2.05) is 19.1 Å². The molecule has 31 heavy (non-hydrogen) atoms. The average Bonchev–Trinajstić information content (AvgIpc) is 2.79. The van der Waals surface area contributed by atoms with E-state index in [9.17, 15) is 9.59 Å². The van der Waals surface area contributed by atoms with Crippen molar-refractivity contribution in [3.63, 3.8) is 0 Å². The molecular weight excluding hydrogens is 394 g/mol. The highest BCUT2D eigenvalue weighted by Gasteiger charge is 2.22. The van der Waals surface area contributed by atoms with E-state index in [2.05, 4.69) is 11.4 Å². The van der Waals surface area contributed by atoms with E-state index in [1.54, 1.807) is 56.5 Å². The van der Waals surface area contributed by atoms with Crippen molar-refractivity contribution in [2.24, 2.45) is 0 Å². The summed E-state index contributed by atoms with van der Waals surface area (Å²) in [6, 6.07) is 15.6. The van der Waals surface area contributed by atoms with Crippen LogP contribution in [0.1, 0.15) is 25.8 Å². The Labute approximate surface area is 182 Å². The molecule has 0 radical (unpaired) electrons. The van der Waals surface area contributed by atoms with Gasteiger partial charge in [-0.2, -0.15) is 5.26 Å². The molecule has 0 saturated carbocycles. The van der Waals surface area contributed by atoms with Gasteiger partial charge < -0.3 is 19.7 Å². The summed E-state index contributed by atoms with van der Waals surface area (Å²) in [5, 5.41) is 11.6. The van der Waals surface area contributed by atoms with Crippen molar-refractivity contribution in [3.8, 4) is 17.6 Å². The number of nitriles is 1. The molecule has 162 valence electrons. The molecule has 1 N–H and O–H groups in total. The molecule has 0 aromatic heterocycles. The van der Waals surface area contributed by atoms with Crippen molar-refractivity contribution in [3.05, 3.63) is 60.2 Å². The Hall–Kier alpha value is -3.79. The van der Waals surface area contributed by atoms with Crippen LogP contribution in [0.2, 0.25) is 0 Å². The molecule has 7 nitrogen and oxygen atoms in total. The maximum atomic E-state index is 13.0. The fourth-order valence-corrected chi connectivity index (χ4v) is 2.86. The van der Waals surface area contributed by atoms with Crippen LogP contribution in [0.3, 0.4) is 0 Å². The van der Waals surface area contributed by atoms with Crippen molar-refractivity contribution < 1.29 is 19.1 Å².